The van der Waals surface area contributed by atoms with Crippen molar-refractivity contribution in [2.75, 3.05) is 11.9 Å². The van der Waals surface area contributed by atoms with Crippen LogP contribution in [-0.2, 0) is 18.9 Å². The molecule has 6 nitrogen and oxygen atoms in total. The topological polar surface area (TPSA) is 60.0 Å². The fourth-order valence-electron chi connectivity index (χ4n) is 2.35. The van der Waals surface area contributed by atoms with Gasteiger partial charge in [-0.1, -0.05) is 20.8 Å². The minimum Gasteiger partial charge on any atom is -0.368 e. The van der Waals surface area contributed by atoms with Crippen molar-refractivity contribution in [3.8, 4) is 0 Å². The molecule has 0 aliphatic heterocycles. The fourth-order valence-corrected chi connectivity index (χ4v) is 2.35. The Hall–Kier alpha value is -2.37. The summed E-state index contributed by atoms with van der Waals surface area (Å²) in [4.78, 5) is 4.45. The third-order valence-electron chi connectivity index (χ3n) is 3.62. The van der Waals surface area contributed by atoms with Crippen LogP contribution in [0.25, 0.3) is 5.52 Å². The van der Waals surface area contributed by atoms with Crippen LogP contribution in [0.3, 0.4) is 0 Å². The summed E-state index contributed by atoms with van der Waals surface area (Å²) in [6.07, 6.45) is 8.50. The Balaban J connectivity index is 1.77. The number of aryl methyl sites for hydroxylation is 1. The van der Waals surface area contributed by atoms with E-state index in [0.717, 1.165) is 30.0 Å². The van der Waals surface area contributed by atoms with Crippen molar-refractivity contribution in [2.24, 2.45) is 7.05 Å². The van der Waals surface area contributed by atoms with Gasteiger partial charge < -0.3 is 5.32 Å². The number of hydrogen-bond donors (Lipinski definition) is 1. The Morgan fingerprint density at radius 1 is 1.27 bits per heavy atom. The van der Waals surface area contributed by atoms with Gasteiger partial charge in [0.25, 0.3) is 0 Å². The van der Waals surface area contributed by atoms with Crippen LogP contribution in [0.4, 0.5) is 5.82 Å². The highest BCUT2D eigenvalue weighted by Gasteiger charge is 2.18. The molecule has 0 spiro atoms. The van der Waals surface area contributed by atoms with E-state index in [0.29, 0.717) is 0 Å². The number of aromatic nitrogens is 5. The monoisotopic (exact) mass is 298 g/mol. The van der Waals surface area contributed by atoms with Gasteiger partial charge in [-0.25, -0.2) is 9.50 Å². The predicted molar refractivity (Wildman–Crippen MR) is 87.1 cm³/mol. The van der Waals surface area contributed by atoms with Gasteiger partial charge >= 0.3 is 0 Å². The predicted octanol–water partition coefficient (Wildman–Crippen LogP) is 2.41. The number of nitrogens with one attached hydrogen (secondary N) is 1. The van der Waals surface area contributed by atoms with E-state index in [1.54, 1.807) is 6.20 Å². The van der Waals surface area contributed by atoms with Crippen LogP contribution in [0.2, 0.25) is 0 Å². The molecule has 3 heterocycles. The van der Waals surface area contributed by atoms with Crippen LogP contribution in [0, 0.1) is 0 Å². The molecule has 3 rings (SSSR count). The molecule has 0 aliphatic carbocycles. The summed E-state index contributed by atoms with van der Waals surface area (Å²) in [7, 11) is 1.93. The van der Waals surface area contributed by atoms with Gasteiger partial charge in [-0.15, -0.1) is 0 Å². The van der Waals surface area contributed by atoms with E-state index in [1.807, 2.05) is 34.8 Å². The molecule has 0 saturated carbocycles. The van der Waals surface area contributed by atoms with Gasteiger partial charge in [0.2, 0.25) is 0 Å². The van der Waals surface area contributed by atoms with Crippen LogP contribution in [0.1, 0.15) is 32.0 Å². The zero-order valence-corrected chi connectivity index (χ0v) is 13.5. The van der Waals surface area contributed by atoms with Gasteiger partial charge in [-0.3, -0.25) is 4.68 Å². The van der Waals surface area contributed by atoms with Crippen molar-refractivity contribution in [3.63, 3.8) is 0 Å². The van der Waals surface area contributed by atoms with E-state index in [9.17, 15) is 0 Å². The molecule has 0 saturated heterocycles. The summed E-state index contributed by atoms with van der Waals surface area (Å²) in [5.74, 6) is 0.870. The molecule has 0 atom stereocenters. The maximum absolute atomic E-state index is 4.64. The smallest absolute Gasteiger partial charge is 0.152 e. The first kappa shape index (κ1) is 14.6. The quantitative estimate of drug-likeness (QED) is 0.803. The average molecular weight is 298 g/mol. The van der Waals surface area contributed by atoms with Crippen molar-refractivity contribution in [2.45, 2.75) is 32.6 Å². The molecule has 0 amide bonds. The van der Waals surface area contributed by atoms with Crippen LogP contribution in [-0.4, -0.2) is 30.9 Å². The Morgan fingerprint density at radius 2 is 2.09 bits per heavy atom. The van der Waals surface area contributed by atoms with Crippen molar-refractivity contribution in [1.82, 2.24) is 24.4 Å². The number of anilines is 1. The fraction of sp³-hybridized carbons (Fsp3) is 0.438. The third-order valence-corrected chi connectivity index (χ3v) is 3.62. The molecule has 6 heteroatoms. The van der Waals surface area contributed by atoms with Gasteiger partial charge in [-0.05, 0) is 18.1 Å². The summed E-state index contributed by atoms with van der Waals surface area (Å²) in [5.41, 5.74) is 3.32. The Bertz CT molecular complexity index is 777. The minimum atomic E-state index is 0.0268. The highest BCUT2D eigenvalue weighted by molar-refractivity contribution is 5.68. The Kier molecular flexibility index (Phi) is 3.60. The first-order valence-electron chi connectivity index (χ1n) is 7.50. The van der Waals surface area contributed by atoms with Crippen molar-refractivity contribution < 1.29 is 0 Å². The zero-order valence-electron chi connectivity index (χ0n) is 13.5. The van der Waals surface area contributed by atoms with E-state index >= 15 is 0 Å². The van der Waals surface area contributed by atoms with Crippen molar-refractivity contribution >= 4 is 11.3 Å². The normalized spacial score (nSPS) is 12.0. The number of rotatable bonds is 4. The molecule has 0 bridgehead atoms. The lowest BCUT2D eigenvalue weighted by Crippen LogP contribution is -2.11. The lowest BCUT2D eigenvalue weighted by Gasteiger charge is -2.13. The van der Waals surface area contributed by atoms with Crippen LogP contribution >= 0.6 is 0 Å². The lowest BCUT2D eigenvalue weighted by molar-refractivity contribution is 0.562. The van der Waals surface area contributed by atoms with Gasteiger partial charge in [0.05, 0.1) is 11.9 Å². The van der Waals surface area contributed by atoms with Gasteiger partial charge in [0.1, 0.15) is 5.52 Å². The van der Waals surface area contributed by atoms with Crippen molar-refractivity contribution in [3.05, 3.63) is 42.1 Å². The zero-order chi connectivity index (χ0) is 15.7. The summed E-state index contributed by atoms with van der Waals surface area (Å²) in [6.45, 7) is 7.31. The highest BCUT2D eigenvalue weighted by atomic mass is 15.2. The Labute approximate surface area is 130 Å². The average Bonchev–Trinajstić information content (AvgIpc) is 3.05. The number of nitrogens with zero attached hydrogens (tertiary/aromatic N) is 5. The molecule has 3 aromatic rings. The van der Waals surface area contributed by atoms with Crippen LogP contribution in [0.5, 0.6) is 0 Å². The van der Waals surface area contributed by atoms with Gasteiger partial charge in [-0.2, -0.15) is 10.2 Å². The minimum absolute atomic E-state index is 0.0268. The second-order valence-corrected chi connectivity index (χ2v) is 6.58. The SMILES string of the molecule is Cn1cc(CCNc2nccn3nc(C(C)(C)C)cc23)cn1. The van der Waals surface area contributed by atoms with E-state index in [4.69, 9.17) is 0 Å². The van der Waals surface area contributed by atoms with E-state index in [-0.39, 0.29) is 5.41 Å². The molecule has 1 N–H and O–H groups in total. The van der Waals surface area contributed by atoms with Gasteiger partial charge in [0.15, 0.2) is 5.82 Å². The second kappa shape index (κ2) is 5.44. The van der Waals surface area contributed by atoms with Crippen LogP contribution in [0.15, 0.2) is 30.9 Å². The molecule has 0 aliphatic rings. The first-order valence-corrected chi connectivity index (χ1v) is 7.50. The standard InChI is InChI=1S/C16H22N6/c1-16(2,3)14-9-13-15(18-7-8-22(13)20-14)17-6-5-12-10-19-21(4)11-12/h7-11H,5-6H2,1-4H3,(H,17,18). The molecular weight excluding hydrogens is 276 g/mol. The molecule has 0 radical (unpaired) electrons. The summed E-state index contributed by atoms with van der Waals surface area (Å²) >= 11 is 0. The van der Waals surface area contributed by atoms with E-state index < -0.39 is 0 Å². The molecule has 0 fully saturated rings. The molecule has 0 aromatic carbocycles. The molecule has 22 heavy (non-hydrogen) atoms. The summed E-state index contributed by atoms with van der Waals surface area (Å²) < 4.78 is 3.71. The van der Waals surface area contributed by atoms with Crippen molar-refractivity contribution in [1.29, 1.82) is 0 Å². The lowest BCUT2D eigenvalue weighted by atomic mass is 9.92. The molecule has 0 unspecified atom stereocenters. The van der Waals surface area contributed by atoms with E-state index in [1.165, 1.54) is 5.56 Å². The maximum Gasteiger partial charge on any atom is 0.152 e. The molecular formula is C16H22N6. The summed E-state index contributed by atoms with van der Waals surface area (Å²) in [6, 6.07) is 2.11. The maximum atomic E-state index is 4.64. The Morgan fingerprint density at radius 3 is 2.77 bits per heavy atom. The summed E-state index contributed by atoms with van der Waals surface area (Å²) in [5, 5.41) is 12.2. The molecule has 3 aromatic heterocycles. The number of hydrogen-bond acceptors (Lipinski definition) is 4. The molecule has 116 valence electrons. The van der Waals surface area contributed by atoms with Crippen LogP contribution < -0.4 is 5.32 Å². The number of fused-ring (bicyclic) bond motifs is 1. The highest BCUT2D eigenvalue weighted by Crippen LogP contribution is 2.24. The largest absolute Gasteiger partial charge is 0.368 e. The second-order valence-electron chi connectivity index (χ2n) is 6.58. The third kappa shape index (κ3) is 2.95. The van der Waals surface area contributed by atoms with E-state index in [2.05, 4.69) is 47.3 Å². The van der Waals surface area contributed by atoms with Gasteiger partial charge in [0, 0.05) is 37.6 Å². The first-order chi connectivity index (χ1) is 10.4.